The Bertz CT molecular complexity index is 337. The first-order valence-electron chi connectivity index (χ1n) is 5.80. The van der Waals surface area contributed by atoms with Crippen LogP contribution in [-0.4, -0.2) is 47.9 Å². The summed E-state index contributed by atoms with van der Waals surface area (Å²) in [6.07, 6.45) is -0.188. The highest BCUT2D eigenvalue weighted by Crippen LogP contribution is 2.21. The molecule has 0 radical (unpaired) electrons. The highest BCUT2D eigenvalue weighted by atomic mass is 16.6. The van der Waals surface area contributed by atoms with Crippen molar-refractivity contribution in [1.29, 1.82) is 0 Å². The fourth-order valence-electron chi connectivity index (χ4n) is 2.03. The molecule has 2 unspecified atom stereocenters. The van der Waals surface area contributed by atoms with E-state index < -0.39 is 11.7 Å². The van der Waals surface area contributed by atoms with E-state index in [0.717, 1.165) is 0 Å². The quantitative estimate of drug-likeness (QED) is 0.690. The number of likely N-dealkylation sites (tertiary alicyclic amines) is 1. The van der Waals surface area contributed by atoms with Crippen LogP contribution in [0.25, 0.3) is 0 Å². The predicted octanol–water partition coefficient (Wildman–Crippen LogP) is 1.10. The van der Waals surface area contributed by atoms with Crippen molar-refractivity contribution in [3.63, 3.8) is 0 Å². The maximum Gasteiger partial charge on any atom is 0.410 e. The zero-order valence-electron chi connectivity index (χ0n) is 10.4. The zero-order valence-corrected chi connectivity index (χ0v) is 10.4. The molecular formula is C11H18N2O4. The summed E-state index contributed by atoms with van der Waals surface area (Å²) in [4.78, 5) is 24.5. The summed E-state index contributed by atoms with van der Waals surface area (Å²) in [5.74, 6) is 0. The molecule has 96 valence electrons. The van der Waals surface area contributed by atoms with Gasteiger partial charge >= 0.3 is 12.2 Å². The van der Waals surface area contributed by atoms with Crippen molar-refractivity contribution < 1.29 is 19.1 Å². The minimum absolute atomic E-state index is 0.108. The lowest BCUT2D eigenvalue weighted by molar-refractivity contribution is 0.0105. The molecule has 2 heterocycles. The van der Waals surface area contributed by atoms with Crippen LogP contribution in [0.5, 0.6) is 0 Å². The molecule has 2 rings (SSSR count). The molecule has 17 heavy (non-hydrogen) atoms. The van der Waals surface area contributed by atoms with E-state index in [4.69, 9.17) is 9.47 Å². The lowest BCUT2D eigenvalue weighted by Gasteiger charge is -2.34. The predicted molar refractivity (Wildman–Crippen MR) is 59.6 cm³/mol. The van der Waals surface area contributed by atoms with E-state index in [1.54, 1.807) is 4.90 Å². The SMILES string of the molecule is CC(C)(C)OC(=O)N1CCC2OC(=O)NC2C1. The molecule has 0 bridgehead atoms. The van der Waals surface area contributed by atoms with E-state index in [9.17, 15) is 9.59 Å². The number of piperidine rings is 1. The highest BCUT2D eigenvalue weighted by molar-refractivity contribution is 5.72. The number of alkyl carbamates (subject to hydrolysis) is 1. The largest absolute Gasteiger partial charge is 0.444 e. The van der Waals surface area contributed by atoms with E-state index >= 15 is 0 Å². The molecule has 6 heteroatoms. The third-order valence-electron chi connectivity index (χ3n) is 2.76. The fraction of sp³-hybridized carbons (Fsp3) is 0.818. The molecule has 1 N–H and O–H groups in total. The Morgan fingerprint density at radius 2 is 2.24 bits per heavy atom. The molecule has 2 atom stereocenters. The van der Waals surface area contributed by atoms with E-state index in [1.807, 2.05) is 20.8 Å². The van der Waals surface area contributed by atoms with Gasteiger partial charge in [-0.1, -0.05) is 0 Å². The van der Waals surface area contributed by atoms with E-state index in [2.05, 4.69) is 5.32 Å². The molecule has 0 spiro atoms. The van der Waals surface area contributed by atoms with Crippen LogP contribution in [-0.2, 0) is 9.47 Å². The summed E-state index contributed by atoms with van der Waals surface area (Å²) >= 11 is 0. The maximum atomic E-state index is 11.8. The van der Waals surface area contributed by atoms with Gasteiger partial charge in [0.25, 0.3) is 0 Å². The van der Waals surface area contributed by atoms with Gasteiger partial charge in [-0.05, 0) is 20.8 Å². The van der Waals surface area contributed by atoms with Crippen molar-refractivity contribution in [2.45, 2.75) is 44.9 Å². The molecule has 0 aromatic carbocycles. The second-order valence-corrected chi connectivity index (χ2v) is 5.41. The van der Waals surface area contributed by atoms with Gasteiger partial charge < -0.3 is 19.7 Å². The van der Waals surface area contributed by atoms with Gasteiger partial charge in [0, 0.05) is 19.5 Å². The Morgan fingerprint density at radius 3 is 2.88 bits per heavy atom. The van der Waals surface area contributed by atoms with Crippen LogP contribution in [0.3, 0.4) is 0 Å². The summed E-state index contributed by atoms with van der Waals surface area (Å²) in [5.41, 5.74) is -0.497. The first kappa shape index (κ1) is 12.0. The third-order valence-corrected chi connectivity index (χ3v) is 2.76. The van der Waals surface area contributed by atoms with Gasteiger partial charge in [0.2, 0.25) is 0 Å². The van der Waals surface area contributed by atoms with E-state index in [1.165, 1.54) is 0 Å². The summed E-state index contributed by atoms with van der Waals surface area (Å²) in [6, 6.07) is -0.108. The molecule has 2 amide bonds. The molecular weight excluding hydrogens is 224 g/mol. The number of fused-ring (bicyclic) bond motifs is 1. The topological polar surface area (TPSA) is 67.9 Å². The van der Waals surface area contributed by atoms with Gasteiger partial charge in [0.1, 0.15) is 11.7 Å². The molecule has 2 aliphatic rings. The number of hydrogen-bond donors (Lipinski definition) is 1. The fourth-order valence-corrected chi connectivity index (χ4v) is 2.03. The number of carbonyl (C=O) groups is 2. The third kappa shape index (κ3) is 2.81. The molecule has 0 aromatic heterocycles. The van der Waals surface area contributed by atoms with Crippen molar-refractivity contribution in [3.05, 3.63) is 0 Å². The van der Waals surface area contributed by atoms with Crippen molar-refractivity contribution in [2.75, 3.05) is 13.1 Å². The smallest absolute Gasteiger partial charge is 0.410 e. The van der Waals surface area contributed by atoms with E-state index in [0.29, 0.717) is 19.5 Å². The number of nitrogens with zero attached hydrogens (tertiary/aromatic N) is 1. The van der Waals surface area contributed by atoms with Crippen LogP contribution in [0.1, 0.15) is 27.2 Å². The molecule has 6 nitrogen and oxygen atoms in total. The summed E-state index contributed by atoms with van der Waals surface area (Å²) in [5, 5.41) is 2.69. The summed E-state index contributed by atoms with van der Waals surface area (Å²) < 4.78 is 10.4. The monoisotopic (exact) mass is 242 g/mol. The Hall–Kier alpha value is -1.46. The second kappa shape index (κ2) is 4.09. The lowest BCUT2D eigenvalue weighted by atomic mass is 10.0. The molecule has 0 saturated carbocycles. The molecule has 2 saturated heterocycles. The Balaban J connectivity index is 1.92. The first-order valence-corrected chi connectivity index (χ1v) is 5.80. The highest BCUT2D eigenvalue weighted by Gasteiger charge is 2.40. The van der Waals surface area contributed by atoms with Crippen molar-refractivity contribution in [2.24, 2.45) is 0 Å². The Morgan fingerprint density at radius 1 is 1.53 bits per heavy atom. The van der Waals surface area contributed by atoms with Gasteiger partial charge in [-0.25, -0.2) is 9.59 Å². The number of nitrogens with one attached hydrogen (secondary N) is 1. The molecule has 2 fully saturated rings. The maximum absolute atomic E-state index is 11.8. The van der Waals surface area contributed by atoms with Crippen molar-refractivity contribution in [1.82, 2.24) is 10.2 Å². The van der Waals surface area contributed by atoms with Gasteiger partial charge in [-0.2, -0.15) is 0 Å². The Labute approximate surface area is 100 Å². The minimum atomic E-state index is -0.497. The molecule has 2 aliphatic heterocycles. The number of carbonyl (C=O) groups excluding carboxylic acids is 2. The van der Waals surface area contributed by atoms with Crippen LogP contribution >= 0.6 is 0 Å². The molecule has 0 aromatic rings. The van der Waals surface area contributed by atoms with Gasteiger partial charge in [0.05, 0.1) is 6.04 Å². The number of amides is 2. The van der Waals surface area contributed by atoms with E-state index in [-0.39, 0.29) is 18.2 Å². The van der Waals surface area contributed by atoms with Gasteiger partial charge in [-0.3, -0.25) is 0 Å². The van der Waals surface area contributed by atoms with Crippen LogP contribution < -0.4 is 5.32 Å². The van der Waals surface area contributed by atoms with Crippen molar-refractivity contribution in [3.8, 4) is 0 Å². The van der Waals surface area contributed by atoms with Crippen molar-refractivity contribution >= 4 is 12.2 Å². The van der Waals surface area contributed by atoms with Crippen LogP contribution in [0.15, 0.2) is 0 Å². The average molecular weight is 242 g/mol. The zero-order chi connectivity index (χ0) is 12.6. The number of ether oxygens (including phenoxy) is 2. The van der Waals surface area contributed by atoms with Gasteiger partial charge in [-0.15, -0.1) is 0 Å². The number of hydrogen-bond acceptors (Lipinski definition) is 4. The summed E-state index contributed by atoms with van der Waals surface area (Å²) in [6.45, 7) is 6.50. The minimum Gasteiger partial charge on any atom is -0.444 e. The number of rotatable bonds is 0. The van der Waals surface area contributed by atoms with Gasteiger partial charge in [0.15, 0.2) is 0 Å². The van der Waals surface area contributed by atoms with Crippen LogP contribution in [0.4, 0.5) is 9.59 Å². The van der Waals surface area contributed by atoms with Crippen LogP contribution in [0, 0.1) is 0 Å². The standard InChI is InChI=1S/C11H18N2O4/c1-11(2,3)17-10(15)13-5-4-8-7(6-13)12-9(14)16-8/h7-8H,4-6H2,1-3H3,(H,12,14). The lowest BCUT2D eigenvalue weighted by Crippen LogP contribution is -2.52. The normalized spacial score (nSPS) is 28.2. The second-order valence-electron chi connectivity index (χ2n) is 5.41. The molecule has 0 aliphatic carbocycles. The van der Waals surface area contributed by atoms with Crippen LogP contribution in [0.2, 0.25) is 0 Å². The first-order chi connectivity index (χ1) is 7.85. The average Bonchev–Trinajstić information content (AvgIpc) is 2.53. The Kier molecular flexibility index (Phi) is 2.89. The summed E-state index contributed by atoms with van der Waals surface area (Å²) in [7, 11) is 0.